The van der Waals surface area contributed by atoms with E-state index in [0.29, 0.717) is 39.1 Å². The van der Waals surface area contributed by atoms with E-state index in [-0.39, 0.29) is 17.7 Å². The maximum Gasteiger partial charge on any atom is 0.409 e. The highest BCUT2D eigenvalue weighted by Gasteiger charge is 2.48. The monoisotopic (exact) mass is 468 g/mol. The third-order valence-corrected chi connectivity index (χ3v) is 7.46. The van der Waals surface area contributed by atoms with Gasteiger partial charge in [-0.05, 0) is 52.3 Å². The standard InChI is InChI=1S/C26H36N4O4/c1-5-33-24(31)29-14-11-26(12-15-29)22-20(17-32-4)30(18-10-13-27-25(2,3)16-18)28-23(22)19-8-6-7-9-21(19)34-26/h6-9,18,27H,5,10-17H2,1-4H3. The minimum absolute atomic E-state index is 0.0524. The van der Waals surface area contributed by atoms with Gasteiger partial charge < -0.3 is 24.4 Å². The average molecular weight is 469 g/mol. The van der Waals surface area contributed by atoms with Gasteiger partial charge in [0.1, 0.15) is 17.0 Å². The van der Waals surface area contributed by atoms with Gasteiger partial charge in [0.2, 0.25) is 0 Å². The Hall–Kier alpha value is -2.58. The normalized spacial score (nSPS) is 22.6. The van der Waals surface area contributed by atoms with Crippen LogP contribution in [0.15, 0.2) is 24.3 Å². The lowest BCUT2D eigenvalue weighted by molar-refractivity contribution is -0.00680. The first-order valence-corrected chi connectivity index (χ1v) is 12.4. The van der Waals surface area contributed by atoms with E-state index in [1.54, 1.807) is 12.0 Å². The van der Waals surface area contributed by atoms with Crippen LogP contribution in [-0.2, 0) is 21.7 Å². The molecule has 1 amide bonds. The van der Waals surface area contributed by atoms with Crippen molar-refractivity contribution in [3.8, 4) is 17.0 Å². The summed E-state index contributed by atoms with van der Waals surface area (Å²) >= 11 is 0. The third kappa shape index (κ3) is 3.96. The Bertz CT molecular complexity index is 1060. The molecule has 34 heavy (non-hydrogen) atoms. The third-order valence-electron chi connectivity index (χ3n) is 7.46. The van der Waals surface area contributed by atoms with E-state index in [2.05, 4.69) is 29.9 Å². The molecule has 0 aliphatic carbocycles. The summed E-state index contributed by atoms with van der Waals surface area (Å²) in [6.45, 7) is 9.32. The van der Waals surface area contributed by atoms with Gasteiger partial charge in [0.05, 0.1) is 24.9 Å². The molecule has 1 unspecified atom stereocenters. The predicted molar refractivity (Wildman–Crippen MR) is 129 cm³/mol. The molecule has 0 saturated carbocycles. The summed E-state index contributed by atoms with van der Waals surface area (Å²) < 4.78 is 20.0. The van der Waals surface area contributed by atoms with Crippen molar-refractivity contribution >= 4 is 6.09 Å². The van der Waals surface area contributed by atoms with Gasteiger partial charge in [-0.1, -0.05) is 12.1 Å². The van der Waals surface area contributed by atoms with Crippen LogP contribution in [0.5, 0.6) is 5.75 Å². The zero-order valence-corrected chi connectivity index (χ0v) is 20.7. The number of nitrogens with zero attached hydrogens (tertiary/aromatic N) is 3. The lowest BCUT2D eigenvalue weighted by Crippen LogP contribution is -2.49. The van der Waals surface area contributed by atoms with Crippen LogP contribution in [0, 0.1) is 0 Å². The molecule has 1 aromatic carbocycles. The molecule has 8 heteroatoms. The van der Waals surface area contributed by atoms with Gasteiger partial charge in [-0.3, -0.25) is 4.68 Å². The molecule has 1 aromatic heterocycles. The number of nitrogens with one attached hydrogen (secondary N) is 1. The number of piperidine rings is 2. The molecule has 1 atom stereocenters. The van der Waals surface area contributed by atoms with Crippen molar-refractivity contribution in [3.63, 3.8) is 0 Å². The first-order valence-electron chi connectivity index (χ1n) is 12.4. The molecule has 0 bridgehead atoms. The van der Waals surface area contributed by atoms with Crippen molar-refractivity contribution in [2.24, 2.45) is 0 Å². The summed E-state index contributed by atoms with van der Waals surface area (Å²) in [7, 11) is 1.74. The second kappa shape index (κ2) is 8.89. The number of carbonyl (C=O) groups is 1. The van der Waals surface area contributed by atoms with Gasteiger partial charge in [-0.15, -0.1) is 0 Å². The van der Waals surface area contributed by atoms with Gasteiger partial charge in [0, 0.05) is 49.7 Å². The van der Waals surface area contributed by atoms with E-state index in [4.69, 9.17) is 19.3 Å². The molecule has 1 spiro atoms. The summed E-state index contributed by atoms with van der Waals surface area (Å²) in [5.74, 6) is 0.860. The molecule has 1 N–H and O–H groups in total. The van der Waals surface area contributed by atoms with Gasteiger partial charge in [-0.2, -0.15) is 5.10 Å². The maximum atomic E-state index is 12.4. The Kier molecular flexibility index (Phi) is 6.06. The highest BCUT2D eigenvalue weighted by Crippen LogP contribution is 2.51. The number of amides is 1. The molecule has 184 valence electrons. The van der Waals surface area contributed by atoms with E-state index in [0.717, 1.165) is 47.7 Å². The van der Waals surface area contributed by atoms with Crippen LogP contribution in [-0.4, -0.2) is 59.7 Å². The fourth-order valence-electron chi connectivity index (χ4n) is 5.89. The lowest BCUT2D eigenvalue weighted by atomic mass is 9.79. The fourth-order valence-corrected chi connectivity index (χ4v) is 5.89. The molecule has 0 radical (unpaired) electrons. The first kappa shape index (κ1) is 23.2. The van der Waals surface area contributed by atoms with Crippen molar-refractivity contribution in [1.82, 2.24) is 20.0 Å². The number of methoxy groups -OCH3 is 1. The Morgan fingerprint density at radius 3 is 2.74 bits per heavy atom. The van der Waals surface area contributed by atoms with E-state index in [9.17, 15) is 4.79 Å². The summed E-state index contributed by atoms with van der Waals surface area (Å²) in [5.41, 5.74) is 3.76. The van der Waals surface area contributed by atoms with Gasteiger partial charge in [-0.25, -0.2) is 4.79 Å². The van der Waals surface area contributed by atoms with Crippen molar-refractivity contribution in [2.75, 3.05) is 33.4 Å². The van der Waals surface area contributed by atoms with Gasteiger partial charge in [0.25, 0.3) is 0 Å². The largest absolute Gasteiger partial charge is 0.482 e. The van der Waals surface area contributed by atoms with Crippen molar-refractivity contribution in [2.45, 2.75) is 70.2 Å². The van der Waals surface area contributed by atoms with Crippen LogP contribution < -0.4 is 10.1 Å². The van der Waals surface area contributed by atoms with Gasteiger partial charge in [0.15, 0.2) is 0 Å². The van der Waals surface area contributed by atoms with E-state index in [1.165, 1.54) is 0 Å². The summed E-state index contributed by atoms with van der Waals surface area (Å²) in [6, 6.07) is 8.45. The molecule has 3 aliphatic rings. The molecule has 8 nitrogen and oxygen atoms in total. The Balaban J connectivity index is 1.59. The van der Waals surface area contributed by atoms with E-state index >= 15 is 0 Å². The number of hydrogen-bond donors (Lipinski definition) is 1. The molecule has 2 fully saturated rings. The summed E-state index contributed by atoms with van der Waals surface area (Å²) in [5, 5.41) is 8.88. The number of aromatic nitrogens is 2. The Morgan fingerprint density at radius 1 is 1.26 bits per heavy atom. The number of para-hydroxylation sites is 1. The minimum Gasteiger partial charge on any atom is -0.482 e. The molecule has 4 heterocycles. The molecule has 2 saturated heterocycles. The van der Waals surface area contributed by atoms with Crippen molar-refractivity contribution < 1.29 is 19.0 Å². The number of ether oxygens (including phenoxy) is 3. The highest BCUT2D eigenvalue weighted by atomic mass is 16.6. The number of fused-ring (bicyclic) bond motifs is 4. The molecule has 3 aliphatic heterocycles. The maximum absolute atomic E-state index is 12.4. The fraction of sp³-hybridized carbons (Fsp3) is 0.615. The second-order valence-corrected chi connectivity index (χ2v) is 10.3. The van der Waals surface area contributed by atoms with Crippen LogP contribution in [0.1, 0.15) is 63.8 Å². The first-order chi connectivity index (χ1) is 16.4. The SMILES string of the molecule is CCOC(=O)N1CCC2(CC1)Oc1ccccc1-c1nn(C3CCNC(C)(C)C3)c(COC)c12. The van der Waals surface area contributed by atoms with Crippen LogP contribution in [0.3, 0.4) is 0 Å². The van der Waals surface area contributed by atoms with Crippen LogP contribution in [0.25, 0.3) is 11.3 Å². The lowest BCUT2D eigenvalue weighted by Gasteiger charge is -2.44. The zero-order valence-electron chi connectivity index (χ0n) is 20.7. The van der Waals surface area contributed by atoms with E-state index < -0.39 is 5.60 Å². The number of hydrogen-bond acceptors (Lipinski definition) is 6. The van der Waals surface area contributed by atoms with Crippen molar-refractivity contribution in [3.05, 3.63) is 35.5 Å². The Morgan fingerprint density at radius 2 is 2.03 bits per heavy atom. The van der Waals surface area contributed by atoms with E-state index in [1.807, 2.05) is 25.1 Å². The second-order valence-electron chi connectivity index (χ2n) is 10.3. The van der Waals surface area contributed by atoms with Gasteiger partial charge >= 0.3 is 6.09 Å². The molecular weight excluding hydrogens is 432 g/mol. The van der Waals surface area contributed by atoms with Crippen LogP contribution in [0.2, 0.25) is 0 Å². The number of carbonyl (C=O) groups excluding carboxylic acids is 1. The van der Waals surface area contributed by atoms with Crippen LogP contribution >= 0.6 is 0 Å². The number of likely N-dealkylation sites (tertiary alicyclic amines) is 1. The smallest absolute Gasteiger partial charge is 0.409 e. The highest BCUT2D eigenvalue weighted by molar-refractivity contribution is 5.75. The van der Waals surface area contributed by atoms with Crippen LogP contribution in [0.4, 0.5) is 4.79 Å². The quantitative estimate of drug-likeness (QED) is 0.723. The molecule has 5 rings (SSSR count). The number of rotatable bonds is 4. The summed E-state index contributed by atoms with van der Waals surface area (Å²) in [4.78, 5) is 14.2. The van der Waals surface area contributed by atoms with Crippen molar-refractivity contribution in [1.29, 1.82) is 0 Å². The number of benzene rings is 1. The summed E-state index contributed by atoms with van der Waals surface area (Å²) in [6.07, 6.45) is 3.14. The minimum atomic E-state index is -0.540. The predicted octanol–water partition coefficient (Wildman–Crippen LogP) is 4.24. The molecular formula is C26H36N4O4. The average Bonchev–Trinajstić information content (AvgIpc) is 3.20. The molecule has 2 aromatic rings. The zero-order chi connectivity index (χ0) is 23.9. The topological polar surface area (TPSA) is 77.8 Å². The Labute approximate surface area is 201 Å².